The number of carbonyl (C=O) groups excluding carboxylic acids is 1. The summed E-state index contributed by atoms with van der Waals surface area (Å²) in [6.07, 6.45) is 2.00. The summed E-state index contributed by atoms with van der Waals surface area (Å²) < 4.78 is 5.28. The third-order valence-electron chi connectivity index (χ3n) is 5.06. The van der Waals surface area contributed by atoms with Gasteiger partial charge in [-0.3, -0.25) is 4.79 Å². The zero-order valence-corrected chi connectivity index (χ0v) is 15.9. The fourth-order valence-corrected chi connectivity index (χ4v) is 3.64. The Bertz CT molecular complexity index is 1100. The molecule has 1 heterocycles. The second kappa shape index (κ2) is 7.61. The highest BCUT2D eigenvalue weighted by Crippen LogP contribution is 2.34. The number of H-pyrrole nitrogens is 1. The lowest BCUT2D eigenvalue weighted by Crippen LogP contribution is -2.32. The molecule has 1 aromatic heterocycles. The average molecular weight is 370 g/mol. The monoisotopic (exact) mass is 370 g/mol. The normalized spacial score (nSPS) is 11.9. The molecule has 3 aromatic carbocycles. The van der Waals surface area contributed by atoms with E-state index in [4.69, 9.17) is 4.74 Å². The summed E-state index contributed by atoms with van der Waals surface area (Å²) in [6.45, 7) is 0. The molecule has 1 N–H and O–H groups in total. The Hall–Kier alpha value is -3.53. The number of aromatic amines is 1. The number of fused-ring (bicyclic) bond motifs is 1. The van der Waals surface area contributed by atoms with Crippen LogP contribution in [0.5, 0.6) is 5.75 Å². The quantitative estimate of drug-likeness (QED) is 0.535. The van der Waals surface area contributed by atoms with Gasteiger partial charge in [-0.05, 0) is 29.8 Å². The van der Waals surface area contributed by atoms with Crippen molar-refractivity contribution >= 4 is 16.8 Å². The number of hydrogen-bond acceptors (Lipinski definition) is 2. The van der Waals surface area contributed by atoms with E-state index >= 15 is 0 Å². The SMILES string of the molecule is COc1cccc(C(=O)N(C)C(c2ccccc2)c2c[nH]c3ccccc23)c1. The van der Waals surface area contributed by atoms with Gasteiger partial charge in [-0.15, -0.1) is 0 Å². The van der Waals surface area contributed by atoms with Gasteiger partial charge in [0.2, 0.25) is 0 Å². The van der Waals surface area contributed by atoms with Crippen molar-refractivity contribution in [2.75, 3.05) is 14.2 Å². The Morgan fingerprint density at radius 3 is 2.50 bits per heavy atom. The van der Waals surface area contributed by atoms with Crippen LogP contribution in [0.1, 0.15) is 27.5 Å². The molecule has 0 saturated heterocycles. The standard InChI is InChI=1S/C24H22N2O2/c1-26(24(27)18-11-8-12-19(15-18)28-2)23(17-9-4-3-5-10-17)21-16-25-22-14-7-6-13-20(21)22/h3-16,23,25H,1-2H3. The van der Waals surface area contributed by atoms with Crippen LogP contribution in [0, 0.1) is 0 Å². The van der Waals surface area contributed by atoms with Crippen molar-refractivity contribution in [1.82, 2.24) is 9.88 Å². The molecule has 4 nitrogen and oxygen atoms in total. The lowest BCUT2D eigenvalue weighted by molar-refractivity contribution is 0.0755. The maximum absolute atomic E-state index is 13.3. The first-order valence-electron chi connectivity index (χ1n) is 9.21. The molecule has 0 fully saturated rings. The predicted molar refractivity (Wildman–Crippen MR) is 112 cm³/mol. The highest BCUT2D eigenvalue weighted by Gasteiger charge is 2.26. The van der Waals surface area contributed by atoms with Crippen molar-refractivity contribution in [2.45, 2.75) is 6.04 Å². The van der Waals surface area contributed by atoms with Gasteiger partial charge in [0.15, 0.2) is 0 Å². The number of aromatic nitrogens is 1. The van der Waals surface area contributed by atoms with Crippen LogP contribution in [0.2, 0.25) is 0 Å². The molecule has 1 amide bonds. The van der Waals surface area contributed by atoms with Crippen LogP contribution in [0.25, 0.3) is 10.9 Å². The molecule has 0 aliphatic rings. The molecule has 28 heavy (non-hydrogen) atoms. The molecular weight excluding hydrogens is 348 g/mol. The maximum Gasteiger partial charge on any atom is 0.254 e. The van der Waals surface area contributed by atoms with Gasteiger partial charge in [-0.2, -0.15) is 0 Å². The minimum absolute atomic E-state index is 0.0574. The smallest absolute Gasteiger partial charge is 0.254 e. The van der Waals surface area contributed by atoms with Gasteiger partial charge in [0.25, 0.3) is 5.91 Å². The fourth-order valence-electron chi connectivity index (χ4n) is 3.64. The van der Waals surface area contributed by atoms with Gasteiger partial charge in [-0.1, -0.05) is 54.6 Å². The maximum atomic E-state index is 13.3. The van der Waals surface area contributed by atoms with Gasteiger partial charge in [0.1, 0.15) is 5.75 Å². The number of hydrogen-bond donors (Lipinski definition) is 1. The number of rotatable bonds is 5. The summed E-state index contributed by atoms with van der Waals surface area (Å²) in [5.74, 6) is 0.612. The van der Waals surface area contributed by atoms with E-state index in [2.05, 4.69) is 23.2 Å². The Morgan fingerprint density at radius 2 is 1.71 bits per heavy atom. The summed E-state index contributed by atoms with van der Waals surface area (Å²) in [7, 11) is 3.45. The molecule has 1 atom stereocenters. The molecule has 0 aliphatic carbocycles. The van der Waals surface area contributed by atoms with E-state index in [1.165, 1.54) is 0 Å². The third-order valence-corrected chi connectivity index (χ3v) is 5.06. The van der Waals surface area contributed by atoms with Crippen LogP contribution in [-0.2, 0) is 0 Å². The average Bonchev–Trinajstić information content (AvgIpc) is 3.18. The summed E-state index contributed by atoms with van der Waals surface area (Å²) >= 11 is 0. The van der Waals surface area contributed by atoms with E-state index in [0.29, 0.717) is 11.3 Å². The predicted octanol–water partition coefficient (Wildman–Crippen LogP) is 5.04. The number of amides is 1. The van der Waals surface area contributed by atoms with Crippen molar-refractivity contribution < 1.29 is 9.53 Å². The van der Waals surface area contributed by atoms with Crippen molar-refractivity contribution in [3.63, 3.8) is 0 Å². The number of methoxy groups -OCH3 is 1. The highest BCUT2D eigenvalue weighted by molar-refractivity contribution is 5.95. The van der Waals surface area contributed by atoms with Crippen LogP contribution >= 0.6 is 0 Å². The Balaban J connectivity index is 1.80. The van der Waals surface area contributed by atoms with Crippen molar-refractivity contribution in [1.29, 1.82) is 0 Å². The minimum atomic E-state index is -0.212. The molecule has 0 aliphatic heterocycles. The summed E-state index contributed by atoms with van der Waals surface area (Å²) in [5, 5.41) is 1.11. The lowest BCUT2D eigenvalue weighted by Gasteiger charge is -2.29. The Labute approximate surface area is 164 Å². The molecule has 140 valence electrons. The van der Waals surface area contributed by atoms with Gasteiger partial charge < -0.3 is 14.6 Å². The zero-order chi connectivity index (χ0) is 19.5. The van der Waals surface area contributed by atoms with Gasteiger partial charge in [0.05, 0.1) is 13.2 Å². The largest absolute Gasteiger partial charge is 0.497 e. The van der Waals surface area contributed by atoms with Crippen LogP contribution in [0.4, 0.5) is 0 Å². The first kappa shape index (κ1) is 17.9. The van der Waals surface area contributed by atoms with Crippen LogP contribution in [-0.4, -0.2) is 29.9 Å². The number of nitrogens with one attached hydrogen (secondary N) is 1. The number of benzene rings is 3. The highest BCUT2D eigenvalue weighted by atomic mass is 16.5. The molecule has 0 saturated carbocycles. The third kappa shape index (κ3) is 3.25. The van der Waals surface area contributed by atoms with E-state index < -0.39 is 0 Å². The van der Waals surface area contributed by atoms with Crippen LogP contribution < -0.4 is 4.74 Å². The molecule has 0 bridgehead atoms. The van der Waals surface area contributed by atoms with Gasteiger partial charge in [0, 0.05) is 35.3 Å². The van der Waals surface area contributed by atoms with E-state index in [-0.39, 0.29) is 11.9 Å². The van der Waals surface area contributed by atoms with Crippen LogP contribution in [0.3, 0.4) is 0 Å². The van der Waals surface area contributed by atoms with E-state index in [9.17, 15) is 4.79 Å². The Kier molecular flexibility index (Phi) is 4.85. The van der Waals surface area contributed by atoms with Gasteiger partial charge in [-0.25, -0.2) is 0 Å². The molecule has 0 radical (unpaired) electrons. The van der Waals surface area contributed by atoms with Crippen molar-refractivity contribution in [2.24, 2.45) is 0 Å². The summed E-state index contributed by atoms with van der Waals surface area (Å²) in [5.41, 5.74) is 3.79. The second-order valence-corrected chi connectivity index (χ2v) is 6.75. The molecule has 0 spiro atoms. The Morgan fingerprint density at radius 1 is 0.964 bits per heavy atom. The van der Waals surface area contributed by atoms with Crippen molar-refractivity contribution in [3.05, 3.63) is 102 Å². The fraction of sp³-hybridized carbons (Fsp3) is 0.125. The molecule has 4 rings (SSSR count). The number of carbonyl (C=O) groups is 1. The molecular formula is C24H22N2O2. The van der Waals surface area contributed by atoms with E-state index in [0.717, 1.165) is 22.0 Å². The number of ether oxygens (including phenoxy) is 1. The summed E-state index contributed by atoms with van der Waals surface area (Å²) in [4.78, 5) is 18.4. The molecule has 1 unspecified atom stereocenters. The van der Waals surface area contributed by atoms with E-state index in [1.54, 1.807) is 18.1 Å². The topological polar surface area (TPSA) is 45.3 Å². The zero-order valence-electron chi connectivity index (χ0n) is 15.9. The van der Waals surface area contributed by atoms with E-state index in [1.807, 2.05) is 67.8 Å². The molecule has 4 aromatic rings. The second-order valence-electron chi connectivity index (χ2n) is 6.75. The summed E-state index contributed by atoms with van der Waals surface area (Å²) in [6, 6.07) is 25.3. The molecule has 4 heteroatoms. The lowest BCUT2D eigenvalue weighted by atomic mass is 9.96. The minimum Gasteiger partial charge on any atom is -0.497 e. The first-order valence-corrected chi connectivity index (χ1v) is 9.21. The number of nitrogens with zero attached hydrogens (tertiary/aromatic N) is 1. The van der Waals surface area contributed by atoms with Gasteiger partial charge >= 0.3 is 0 Å². The van der Waals surface area contributed by atoms with Crippen LogP contribution in [0.15, 0.2) is 85.1 Å². The first-order chi connectivity index (χ1) is 13.7. The van der Waals surface area contributed by atoms with Crippen molar-refractivity contribution in [3.8, 4) is 5.75 Å². The number of para-hydroxylation sites is 1.